The van der Waals surface area contributed by atoms with Crippen molar-refractivity contribution in [3.63, 3.8) is 0 Å². The lowest BCUT2D eigenvalue weighted by molar-refractivity contribution is -0.124. The van der Waals surface area contributed by atoms with Gasteiger partial charge in [0.05, 0.1) is 23.5 Å². The quantitative estimate of drug-likeness (QED) is 0.362. The fraction of sp³-hybridized carbons (Fsp3) is 0.464. The van der Waals surface area contributed by atoms with E-state index in [4.69, 9.17) is 0 Å². The highest BCUT2D eigenvalue weighted by Crippen LogP contribution is 2.55. The summed E-state index contributed by atoms with van der Waals surface area (Å²) in [5, 5.41) is 5.50. The van der Waals surface area contributed by atoms with Crippen molar-refractivity contribution in [1.82, 2.24) is 10.2 Å². The zero-order chi connectivity index (χ0) is 27.0. The molecular formula is C28H30F3N3O3S. The third kappa shape index (κ3) is 5.55. The van der Waals surface area contributed by atoms with E-state index in [1.165, 1.54) is 38.1 Å². The first-order chi connectivity index (χ1) is 18.1. The Morgan fingerprint density at radius 3 is 2.21 bits per heavy atom. The van der Waals surface area contributed by atoms with Crippen molar-refractivity contribution in [2.45, 2.75) is 49.0 Å². The van der Waals surface area contributed by atoms with Crippen LogP contribution in [0.1, 0.15) is 48.9 Å². The molecule has 0 heterocycles. The molecule has 6 rings (SSSR count). The molecule has 2 N–H and O–H groups in total. The highest BCUT2D eigenvalue weighted by atomic mass is 32.2. The zero-order valence-corrected chi connectivity index (χ0v) is 21.9. The standard InChI is InChI=1S/C28H30F3N3O3S/c1-34(14-23(35)32-21-7-6-20(29)25(30)26(21)31)27(37)19-4-2-3-5-22(19)38-15-24(36)33-28-11-16-8-17(12-28)10-18(9-16)13-28/h2-7,16-18H,8-15H2,1H3,(H,32,35)(H,33,36). The van der Waals surface area contributed by atoms with Crippen molar-refractivity contribution in [3.8, 4) is 0 Å². The van der Waals surface area contributed by atoms with Crippen LogP contribution in [-0.4, -0.2) is 47.5 Å². The maximum absolute atomic E-state index is 13.9. The van der Waals surface area contributed by atoms with Crippen LogP contribution >= 0.6 is 11.8 Å². The van der Waals surface area contributed by atoms with E-state index >= 15 is 0 Å². The van der Waals surface area contributed by atoms with E-state index in [1.807, 2.05) is 0 Å². The summed E-state index contributed by atoms with van der Waals surface area (Å²) < 4.78 is 40.5. The van der Waals surface area contributed by atoms with Gasteiger partial charge in [-0.3, -0.25) is 14.4 Å². The van der Waals surface area contributed by atoms with E-state index in [-0.39, 0.29) is 17.2 Å². The van der Waals surface area contributed by atoms with Gasteiger partial charge in [0, 0.05) is 17.5 Å². The molecule has 0 radical (unpaired) electrons. The number of nitrogens with one attached hydrogen (secondary N) is 2. The van der Waals surface area contributed by atoms with Gasteiger partial charge in [0.1, 0.15) is 0 Å². The second kappa shape index (κ2) is 10.6. The number of anilines is 1. The van der Waals surface area contributed by atoms with Crippen molar-refractivity contribution < 1.29 is 27.6 Å². The fourth-order valence-electron chi connectivity index (χ4n) is 6.81. The predicted molar refractivity (Wildman–Crippen MR) is 138 cm³/mol. The number of hydrogen-bond donors (Lipinski definition) is 2. The molecule has 0 saturated heterocycles. The minimum absolute atomic E-state index is 0.0412. The van der Waals surface area contributed by atoms with E-state index in [2.05, 4.69) is 10.6 Å². The Kier molecular flexibility index (Phi) is 7.44. The SMILES string of the molecule is CN(CC(=O)Nc1ccc(F)c(F)c1F)C(=O)c1ccccc1SCC(=O)NC12CC3CC(CC(C3)C1)C2. The maximum Gasteiger partial charge on any atom is 0.255 e. The summed E-state index contributed by atoms with van der Waals surface area (Å²) in [6.07, 6.45) is 7.06. The molecule has 4 aliphatic carbocycles. The van der Waals surface area contributed by atoms with Gasteiger partial charge in [0.15, 0.2) is 17.5 Å². The molecule has 4 fully saturated rings. The molecule has 202 valence electrons. The minimum atomic E-state index is -1.69. The zero-order valence-electron chi connectivity index (χ0n) is 21.1. The number of thioether (sulfide) groups is 1. The third-order valence-corrected chi connectivity index (χ3v) is 9.03. The van der Waals surface area contributed by atoms with Crippen molar-refractivity contribution in [1.29, 1.82) is 0 Å². The molecule has 0 aromatic heterocycles. The van der Waals surface area contributed by atoms with Crippen LogP contribution in [0.4, 0.5) is 18.9 Å². The van der Waals surface area contributed by atoms with E-state index in [0.717, 1.165) is 48.0 Å². The number of rotatable bonds is 8. The highest BCUT2D eigenvalue weighted by molar-refractivity contribution is 8.00. The molecule has 2 aromatic rings. The molecule has 0 aliphatic heterocycles. The Bertz CT molecular complexity index is 1240. The minimum Gasteiger partial charge on any atom is -0.350 e. The summed E-state index contributed by atoms with van der Waals surface area (Å²) in [5.74, 6) is -3.51. The third-order valence-electron chi connectivity index (χ3n) is 7.96. The van der Waals surface area contributed by atoms with Crippen LogP contribution in [0.15, 0.2) is 41.3 Å². The van der Waals surface area contributed by atoms with Crippen molar-refractivity contribution in [2.75, 3.05) is 24.7 Å². The van der Waals surface area contributed by atoms with E-state index in [1.54, 1.807) is 24.3 Å². The molecule has 6 nitrogen and oxygen atoms in total. The van der Waals surface area contributed by atoms with Crippen LogP contribution in [-0.2, 0) is 9.59 Å². The lowest BCUT2D eigenvalue weighted by Gasteiger charge is -2.56. The summed E-state index contributed by atoms with van der Waals surface area (Å²) in [4.78, 5) is 40.2. The van der Waals surface area contributed by atoms with Crippen LogP contribution in [0.3, 0.4) is 0 Å². The molecule has 0 unspecified atom stereocenters. The molecule has 2 aromatic carbocycles. The molecule has 4 aliphatic rings. The first kappa shape index (κ1) is 26.6. The van der Waals surface area contributed by atoms with Gasteiger partial charge in [-0.05, 0) is 80.5 Å². The molecule has 4 bridgehead atoms. The molecule has 38 heavy (non-hydrogen) atoms. The average molecular weight is 546 g/mol. The molecule has 3 amide bonds. The summed E-state index contributed by atoms with van der Waals surface area (Å²) in [5.41, 5.74) is -0.271. The van der Waals surface area contributed by atoms with Crippen LogP contribution in [0.5, 0.6) is 0 Å². The number of halogens is 3. The van der Waals surface area contributed by atoms with Gasteiger partial charge in [-0.1, -0.05) is 12.1 Å². The van der Waals surface area contributed by atoms with Gasteiger partial charge in [-0.15, -0.1) is 11.8 Å². The molecule has 0 atom stereocenters. The average Bonchev–Trinajstić information content (AvgIpc) is 2.86. The number of hydrogen-bond acceptors (Lipinski definition) is 4. The Labute approximate surface area is 223 Å². The molecule has 0 spiro atoms. The first-order valence-electron chi connectivity index (χ1n) is 12.8. The van der Waals surface area contributed by atoms with Crippen LogP contribution in [0.25, 0.3) is 0 Å². The number of carbonyl (C=O) groups excluding carboxylic acids is 3. The largest absolute Gasteiger partial charge is 0.350 e. The Morgan fingerprint density at radius 2 is 1.55 bits per heavy atom. The smallest absolute Gasteiger partial charge is 0.255 e. The summed E-state index contributed by atoms with van der Waals surface area (Å²) >= 11 is 1.27. The van der Waals surface area contributed by atoms with E-state index in [9.17, 15) is 27.6 Å². The molecular weight excluding hydrogens is 515 g/mol. The Balaban J connectivity index is 1.17. The Hall–Kier alpha value is -3.01. The van der Waals surface area contributed by atoms with E-state index < -0.39 is 41.5 Å². The number of amides is 3. The second-order valence-electron chi connectivity index (χ2n) is 11.0. The lowest BCUT2D eigenvalue weighted by atomic mass is 9.53. The number of likely N-dealkylation sites (N-methyl/N-ethyl adjacent to an activating group) is 1. The lowest BCUT2D eigenvalue weighted by Crippen LogP contribution is -2.60. The predicted octanol–water partition coefficient (Wildman–Crippen LogP) is 4.99. The summed E-state index contributed by atoms with van der Waals surface area (Å²) in [7, 11) is 1.41. The number of nitrogens with zero attached hydrogens (tertiary/aromatic N) is 1. The molecule has 4 saturated carbocycles. The Morgan fingerprint density at radius 1 is 0.921 bits per heavy atom. The summed E-state index contributed by atoms with van der Waals surface area (Å²) in [6, 6.07) is 8.45. The van der Waals surface area contributed by atoms with Crippen molar-refractivity contribution >= 4 is 35.2 Å². The van der Waals surface area contributed by atoms with Gasteiger partial charge >= 0.3 is 0 Å². The monoisotopic (exact) mass is 545 g/mol. The van der Waals surface area contributed by atoms with E-state index in [0.29, 0.717) is 16.5 Å². The van der Waals surface area contributed by atoms with Crippen LogP contribution < -0.4 is 10.6 Å². The van der Waals surface area contributed by atoms with Gasteiger partial charge in [-0.25, -0.2) is 13.2 Å². The topological polar surface area (TPSA) is 78.5 Å². The maximum atomic E-state index is 13.9. The highest BCUT2D eigenvalue weighted by Gasteiger charge is 2.51. The first-order valence-corrected chi connectivity index (χ1v) is 13.8. The van der Waals surface area contributed by atoms with Crippen molar-refractivity contribution in [2.24, 2.45) is 17.8 Å². The van der Waals surface area contributed by atoms with Crippen LogP contribution in [0.2, 0.25) is 0 Å². The van der Waals surface area contributed by atoms with Crippen LogP contribution in [0, 0.1) is 35.2 Å². The number of benzene rings is 2. The number of carbonyl (C=O) groups is 3. The fourth-order valence-corrected chi connectivity index (χ4v) is 7.66. The van der Waals surface area contributed by atoms with Gasteiger partial charge in [-0.2, -0.15) is 0 Å². The van der Waals surface area contributed by atoms with Crippen molar-refractivity contribution in [3.05, 3.63) is 59.4 Å². The summed E-state index contributed by atoms with van der Waals surface area (Å²) in [6.45, 7) is -0.442. The second-order valence-corrected chi connectivity index (χ2v) is 12.0. The van der Waals surface area contributed by atoms with Gasteiger partial charge < -0.3 is 15.5 Å². The van der Waals surface area contributed by atoms with Gasteiger partial charge in [0.2, 0.25) is 11.8 Å². The molecule has 10 heteroatoms. The van der Waals surface area contributed by atoms with Gasteiger partial charge in [0.25, 0.3) is 5.91 Å². The normalized spacial score (nSPS) is 25.2.